The highest BCUT2D eigenvalue weighted by Crippen LogP contribution is 2.38. The Kier molecular flexibility index (Phi) is 11.4. The van der Waals surface area contributed by atoms with E-state index in [0.29, 0.717) is 16.8 Å². The van der Waals surface area contributed by atoms with Gasteiger partial charge >= 0.3 is 11.9 Å². The van der Waals surface area contributed by atoms with Crippen LogP contribution in [-0.2, 0) is 26.0 Å². The van der Waals surface area contributed by atoms with E-state index in [4.69, 9.17) is 46.4 Å². The van der Waals surface area contributed by atoms with Crippen LogP contribution in [0.1, 0.15) is 44.2 Å². The summed E-state index contributed by atoms with van der Waals surface area (Å²) in [6.45, 7) is -0.114. The van der Waals surface area contributed by atoms with Crippen molar-refractivity contribution < 1.29 is 37.8 Å². The molecule has 1 fully saturated rings. The molecule has 3 atom stereocenters. The van der Waals surface area contributed by atoms with Crippen molar-refractivity contribution in [2.24, 2.45) is 0 Å². The van der Waals surface area contributed by atoms with Gasteiger partial charge in [-0.3, -0.25) is 14.6 Å². The Bertz CT molecular complexity index is 2040. The Morgan fingerprint density at radius 3 is 2.04 bits per heavy atom. The van der Waals surface area contributed by atoms with E-state index >= 15 is 0 Å². The quantitative estimate of drug-likeness (QED) is 0.142. The summed E-state index contributed by atoms with van der Waals surface area (Å²) in [7, 11) is -4.39. The summed E-state index contributed by atoms with van der Waals surface area (Å²) in [5, 5.41) is 24.8. The molecule has 0 bridgehead atoms. The van der Waals surface area contributed by atoms with Crippen LogP contribution in [0, 0.1) is 0 Å². The smallest absolute Gasteiger partial charge is 0.335 e. The van der Waals surface area contributed by atoms with Crippen molar-refractivity contribution in [3.63, 3.8) is 0 Å². The van der Waals surface area contributed by atoms with Crippen LogP contribution in [0.5, 0.6) is 0 Å². The Morgan fingerprint density at radius 2 is 1.48 bits per heavy atom. The summed E-state index contributed by atoms with van der Waals surface area (Å²) in [6.07, 6.45) is 2.52. The number of sulfonamides is 1. The number of nitrogens with zero attached hydrogens (tertiary/aromatic N) is 2. The van der Waals surface area contributed by atoms with Gasteiger partial charge in [-0.05, 0) is 60.0 Å². The molecule has 4 aromatic rings. The summed E-state index contributed by atoms with van der Waals surface area (Å²) < 4.78 is 28.8. The predicted octanol–water partition coefficient (Wildman–Crippen LogP) is 6.00. The molecule has 12 nitrogen and oxygen atoms in total. The number of amides is 2. The first-order valence-corrected chi connectivity index (χ1v) is 17.6. The summed E-state index contributed by atoms with van der Waals surface area (Å²) >= 11 is 24.3. The normalized spacial score (nSPS) is 16.8. The number of halogens is 4. The van der Waals surface area contributed by atoms with Crippen molar-refractivity contribution in [2.75, 3.05) is 11.9 Å². The lowest BCUT2D eigenvalue weighted by Gasteiger charge is -2.28. The van der Waals surface area contributed by atoms with Crippen LogP contribution >= 0.6 is 46.4 Å². The number of aliphatic carboxylic acids is 1. The number of anilines is 1. The van der Waals surface area contributed by atoms with Crippen molar-refractivity contribution in [1.82, 2.24) is 14.6 Å². The molecule has 0 radical (unpaired) electrons. The van der Waals surface area contributed by atoms with E-state index in [1.165, 1.54) is 67.0 Å². The molecule has 4 N–H and O–H groups in total. The number of nitrogens with one attached hydrogen (secondary N) is 2. The zero-order valence-corrected chi connectivity index (χ0v) is 29.4. The Balaban J connectivity index is 1.39. The topological polar surface area (TPSA) is 183 Å². The third-order valence-electron chi connectivity index (χ3n) is 8.00. The van der Waals surface area contributed by atoms with Crippen LogP contribution in [0.15, 0.2) is 84.0 Å². The van der Waals surface area contributed by atoms with E-state index in [0.717, 1.165) is 4.31 Å². The fraction of sp³-hybridized carbons (Fsp3) is 0.182. The van der Waals surface area contributed by atoms with Gasteiger partial charge in [-0.1, -0.05) is 70.7 Å². The molecule has 2 heterocycles. The molecule has 17 heteroatoms. The van der Waals surface area contributed by atoms with Gasteiger partial charge < -0.3 is 20.8 Å². The molecule has 1 aliphatic rings. The SMILES string of the molecule is O=C(O)c1ccc([C@H]2CCN(S(=O)(=O)c3cc(Cl)cc(Cl)c3)C2C(=O)N[C@@H](Cc2ccc(NC(=O)c3c(Cl)cncc3Cl)cc2)C(=O)O)cc1. The van der Waals surface area contributed by atoms with E-state index in [-0.39, 0.29) is 55.5 Å². The maximum atomic E-state index is 14.0. The number of carboxylic acids is 2. The molecule has 0 aliphatic carbocycles. The number of hydrogen-bond acceptors (Lipinski definition) is 7. The molecule has 2 amide bonds. The fourth-order valence-corrected chi connectivity index (χ4v) is 8.52. The first-order valence-electron chi connectivity index (χ1n) is 14.7. The van der Waals surface area contributed by atoms with Gasteiger partial charge in [-0.15, -0.1) is 0 Å². The number of aromatic carboxylic acids is 1. The maximum absolute atomic E-state index is 14.0. The molecule has 3 aromatic carbocycles. The average molecular weight is 780 g/mol. The van der Waals surface area contributed by atoms with Crippen molar-refractivity contribution in [2.45, 2.75) is 35.7 Å². The molecule has 0 saturated carbocycles. The minimum Gasteiger partial charge on any atom is -0.480 e. The minimum atomic E-state index is -4.39. The Hall–Kier alpha value is -4.24. The monoisotopic (exact) mass is 778 g/mol. The number of pyridine rings is 1. The largest absolute Gasteiger partial charge is 0.480 e. The number of rotatable bonds is 11. The average Bonchev–Trinajstić information content (AvgIpc) is 3.51. The van der Waals surface area contributed by atoms with Gasteiger partial charge in [0, 0.05) is 47.0 Å². The van der Waals surface area contributed by atoms with Crippen LogP contribution in [-0.4, -0.2) is 70.3 Å². The third kappa shape index (κ3) is 8.20. The number of hydrogen-bond donors (Lipinski definition) is 4. The highest BCUT2D eigenvalue weighted by molar-refractivity contribution is 7.89. The van der Waals surface area contributed by atoms with Gasteiger partial charge in [0.25, 0.3) is 5.91 Å². The minimum absolute atomic E-state index is 0.00715. The summed E-state index contributed by atoms with van der Waals surface area (Å²) in [5.41, 5.74) is 1.32. The van der Waals surface area contributed by atoms with Gasteiger partial charge in [0.05, 0.1) is 26.1 Å². The van der Waals surface area contributed by atoms with Gasteiger partial charge in [-0.25, -0.2) is 18.0 Å². The number of benzene rings is 3. The summed E-state index contributed by atoms with van der Waals surface area (Å²) in [5.74, 6) is -4.78. The highest BCUT2D eigenvalue weighted by atomic mass is 35.5. The fourth-order valence-electron chi connectivity index (χ4n) is 5.62. The Morgan fingerprint density at radius 1 is 0.880 bits per heavy atom. The van der Waals surface area contributed by atoms with E-state index in [1.807, 2.05) is 0 Å². The summed E-state index contributed by atoms with van der Waals surface area (Å²) in [4.78, 5) is 54.1. The summed E-state index contributed by atoms with van der Waals surface area (Å²) in [6, 6.07) is 12.7. The van der Waals surface area contributed by atoms with Gasteiger partial charge in [0.15, 0.2) is 0 Å². The molecule has 1 aliphatic heterocycles. The standard InChI is InChI=1S/C33H26Cl4N4O8S/c34-20-12-21(35)14-23(13-20)50(48,49)41-10-9-24(18-3-5-19(6-4-18)32(44)45)29(41)31(43)40-27(33(46)47)11-17-1-7-22(8-2-17)39-30(42)28-25(36)15-38-16-26(28)37/h1-8,12-16,24,27,29H,9-11H2,(H,39,42)(H,40,43)(H,44,45)(H,46,47)/t24-,27+,29?/m1/s1. The molecular weight excluding hydrogens is 754 g/mol. The van der Waals surface area contributed by atoms with Crippen molar-refractivity contribution >= 4 is 85.9 Å². The highest BCUT2D eigenvalue weighted by Gasteiger charge is 2.47. The van der Waals surface area contributed by atoms with E-state index in [2.05, 4.69) is 15.6 Å². The first-order chi connectivity index (χ1) is 23.6. The number of carboxylic acid groups (broad SMARTS) is 2. The number of carbonyl (C=O) groups is 4. The van der Waals surface area contributed by atoms with Gasteiger partial charge in [-0.2, -0.15) is 4.31 Å². The lowest BCUT2D eigenvalue weighted by atomic mass is 9.90. The molecule has 1 aromatic heterocycles. The second kappa shape index (κ2) is 15.3. The second-order valence-corrected chi connectivity index (χ2v) is 14.8. The van der Waals surface area contributed by atoms with E-state index in [9.17, 15) is 37.8 Å². The van der Waals surface area contributed by atoms with Crippen molar-refractivity contribution in [3.8, 4) is 0 Å². The van der Waals surface area contributed by atoms with Crippen LogP contribution in [0.3, 0.4) is 0 Å². The molecule has 260 valence electrons. The maximum Gasteiger partial charge on any atom is 0.335 e. The first kappa shape index (κ1) is 37.0. The second-order valence-electron chi connectivity index (χ2n) is 11.2. The third-order valence-corrected chi connectivity index (χ3v) is 10.9. The van der Waals surface area contributed by atoms with Crippen molar-refractivity contribution in [3.05, 3.63) is 121 Å². The van der Waals surface area contributed by atoms with E-state index in [1.54, 1.807) is 12.1 Å². The molecule has 50 heavy (non-hydrogen) atoms. The van der Waals surface area contributed by atoms with E-state index < -0.39 is 51.8 Å². The van der Waals surface area contributed by atoms with Crippen LogP contribution in [0.25, 0.3) is 0 Å². The molecule has 0 spiro atoms. The van der Waals surface area contributed by atoms with Gasteiger partial charge in [0.2, 0.25) is 15.9 Å². The van der Waals surface area contributed by atoms with Crippen LogP contribution < -0.4 is 10.6 Å². The van der Waals surface area contributed by atoms with Crippen LogP contribution in [0.4, 0.5) is 5.69 Å². The lowest BCUT2D eigenvalue weighted by molar-refractivity contribution is -0.142. The predicted molar refractivity (Wildman–Crippen MR) is 187 cm³/mol. The molecule has 1 unspecified atom stereocenters. The number of aromatic nitrogens is 1. The molecular formula is C33H26Cl4N4O8S. The lowest BCUT2D eigenvalue weighted by Crippen LogP contribution is -2.52. The Labute approximate surface area is 306 Å². The van der Waals surface area contributed by atoms with Gasteiger partial charge in [0.1, 0.15) is 12.1 Å². The van der Waals surface area contributed by atoms with Crippen molar-refractivity contribution in [1.29, 1.82) is 0 Å². The zero-order valence-electron chi connectivity index (χ0n) is 25.5. The molecule has 5 rings (SSSR count). The van der Waals surface area contributed by atoms with Crippen LogP contribution in [0.2, 0.25) is 20.1 Å². The number of carbonyl (C=O) groups excluding carboxylic acids is 2. The zero-order chi connectivity index (χ0) is 36.3. The molecule has 1 saturated heterocycles.